The van der Waals surface area contributed by atoms with Crippen molar-refractivity contribution in [3.05, 3.63) is 32.8 Å². The van der Waals surface area contributed by atoms with Crippen molar-refractivity contribution < 1.29 is 9.66 Å². The van der Waals surface area contributed by atoms with Crippen molar-refractivity contribution in [1.29, 1.82) is 0 Å². The maximum atomic E-state index is 10.7. The Hall–Kier alpha value is -1.10. The molecule has 0 heterocycles. The van der Waals surface area contributed by atoms with E-state index in [0.29, 0.717) is 5.75 Å². The van der Waals surface area contributed by atoms with Gasteiger partial charge in [0.25, 0.3) is 5.69 Å². The quantitative estimate of drug-likeness (QED) is 0.470. The Labute approximate surface area is 115 Å². The van der Waals surface area contributed by atoms with Crippen LogP contribution in [-0.4, -0.2) is 11.0 Å². The van der Waals surface area contributed by atoms with Crippen LogP contribution >= 0.6 is 15.9 Å². The van der Waals surface area contributed by atoms with Crippen LogP contribution in [0.5, 0.6) is 5.75 Å². The summed E-state index contributed by atoms with van der Waals surface area (Å²) in [6, 6.07) is 4.64. The first-order valence-corrected chi connectivity index (χ1v) is 7.07. The van der Waals surface area contributed by atoms with Crippen LogP contribution in [0, 0.1) is 10.1 Å². The predicted molar refractivity (Wildman–Crippen MR) is 72.9 cm³/mol. The summed E-state index contributed by atoms with van der Waals surface area (Å²) in [5.74, 6) is 0.580. The molecule has 0 amide bonds. The molecule has 1 aliphatic carbocycles. The maximum Gasteiger partial charge on any atom is 0.273 e. The molecule has 2 rings (SSSR count). The molecule has 0 aliphatic heterocycles. The molecular weight excluding hydrogens is 298 g/mol. The lowest BCUT2D eigenvalue weighted by molar-refractivity contribution is -0.385. The fourth-order valence-corrected chi connectivity index (χ4v) is 2.58. The van der Waals surface area contributed by atoms with E-state index < -0.39 is 4.92 Å². The van der Waals surface area contributed by atoms with E-state index in [9.17, 15) is 10.1 Å². The highest BCUT2D eigenvalue weighted by atomic mass is 79.9. The van der Waals surface area contributed by atoms with E-state index >= 15 is 0 Å². The summed E-state index contributed by atoms with van der Waals surface area (Å²) >= 11 is 3.38. The summed E-state index contributed by atoms with van der Waals surface area (Å²) in [6.07, 6.45) is 7.13. The zero-order chi connectivity index (χ0) is 13.0. The average molecular weight is 314 g/mol. The number of halogens is 1. The number of nitro benzene ring substituents is 1. The molecule has 18 heavy (non-hydrogen) atoms. The minimum Gasteiger partial charge on any atom is -0.489 e. The van der Waals surface area contributed by atoms with Gasteiger partial charge in [0.1, 0.15) is 5.75 Å². The Bertz CT molecular complexity index is 428. The first-order valence-electron chi connectivity index (χ1n) is 6.27. The number of ether oxygens (including phenoxy) is 1. The number of nitro groups is 1. The van der Waals surface area contributed by atoms with Crippen LogP contribution in [0.3, 0.4) is 0 Å². The number of non-ortho nitro benzene ring substituents is 1. The average Bonchev–Trinajstić information content (AvgIpc) is 2.60. The highest BCUT2D eigenvalue weighted by Gasteiger charge is 2.17. The molecule has 1 aliphatic rings. The fraction of sp³-hybridized carbons (Fsp3) is 0.538. The van der Waals surface area contributed by atoms with Crippen molar-refractivity contribution in [3.8, 4) is 5.75 Å². The van der Waals surface area contributed by atoms with Gasteiger partial charge in [0.05, 0.1) is 21.6 Å². The van der Waals surface area contributed by atoms with Crippen LogP contribution in [0.15, 0.2) is 22.7 Å². The second-order valence-corrected chi connectivity index (χ2v) is 5.46. The fourth-order valence-electron chi connectivity index (χ4n) is 2.24. The van der Waals surface area contributed by atoms with Gasteiger partial charge in [-0.3, -0.25) is 10.1 Å². The third kappa shape index (κ3) is 3.45. The normalized spacial score (nSPS) is 17.2. The van der Waals surface area contributed by atoms with Crippen LogP contribution in [0.25, 0.3) is 0 Å². The monoisotopic (exact) mass is 313 g/mol. The Balaban J connectivity index is 2.11. The molecule has 1 aromatic carbocycles. The largest absolute Gasteiger partial charge is 0.489 e. The Morgan fingerprint density at radius 3 is 2.50 bits per heavy atom. The van der Waals surface area contributed by atoms with E-state index in [1.165, 1.54) is 37.8 Å². The van der Waals surface area contributed by atoms with Gasteiger partial charge in [0.2, 0.25) is 0 Å². The third-order valence-corrected chi connectivity index (χ3v) is 3.88. The zero-order valence-corrected chi connectivity index (χ0v) is 11.7. The summed E-state index contributed by atoms with van der Waals surface area (Å²) in [4.78, 5) is 10.3. The second-order valence-electron chi connectivity index (χ2n) is 4.60. The number of hydrogen-bond donors (Lipinski definition) is 0. The molecule has 0 atom stereocenters. The zero-order valence-electron chi connectivity index (χ0n) is 10.1. The Kier molecular flexibility index (Phi) is 4.58. The number of rotatable bonds is 3. The summed E-state index contributed by atoms with van der Waals surface area (Å²) < 4.78 is 6.68. The van der Waals surface area contributed by atoms with Crippen molar-refractivity contribution >= 4 is 21.6 Å². The van der Waals surface area contributed by atoms with Crippen LogP contribution < -0.4 is 4.74 Å². The van der Waals surface area contributed by atoms with Crippen LogP contribution in [0.1, 0.15) is 38.5 Å². The predicted octanol–water partition coefficient (Wildman–Crippen LogP) is 4.46. The van der Waals surface area contributed by atoms with Gasteiger partial charge in [-0.1, -0.05) is 12.8 Å². The van der Waals surface area contributed by atoms with Crippen molar-refractivity contribution in [3.63, 3.8) is 0 Å². The van der Waals surface area contributed by atoms with E-state index in [1.807, 2.05) is 0 Å². The minimum atomic E-state index is -0.396. The van der Waals surface area contributed by atoms with E-state index in [-0.39, 0.29) is 11.8 Å². The molecule has 98 valence electrons. The number of benzene rings is 1. The lowest BCUT2D eigenvalue weighted by Gasteiger charge is -2.17. The highest BCUT2D eigenvalue weighted by Crippen LogP contribution is 2.32. The van der Waals surface area contributed by atoms with Gasteiger partial charge in [-0.05, 0) is 47.7 Å². The van der Waals surface area contributed by atoms with Gasteiger partial charge in [0, 0.05) is 6.07 Å². The molecule has 0 bridgehead atoms. The first kappa shape index (κ1) is 13.3. The molecular formula is C13H16BrNO3. The van der Waals surface area contributed by atoms with Crippen molar-refractivity contribution in [2.24, 2.45) is 0 Å². The second kappa shape index (κ2) is 6.18. The van der Waals surface area contributed by atoms with Gasteiger partial charge in [-0.25, -0.2) is 0 Å². The minimum absolute atomic E-state index is 0.0711. The van der Waals surface area contributed by atoms with Crippen LogP contribution in [0.2, 0.25) is 0 Å². The maximum absolute atomic E-state index is 10.7. The molecule has 1 fully saturated rings. The topological polar surface area (TPSA) is 52.4 Å². The summed E-state index contributed by atoms with van der Waals surface area (Å²) in [7, 11) is 0. The molecule has 1 aromatic rings. The van der Waals surface area contributed by atoms with Crippen LogP contribution in [-0.2, 0) is 0 Å². The van der Waals surface area contributed by atoms with Crippen molar-refractivity contribution in [2.75, 3.05) is 0 Å². The molecule has 0 radical (unpaired) electrons. The van der Waals surface area contributed by atoms with E-state index in [0.717, 1.165) is 17.3 Å². The van der Waals surface area contributed by atoms with Gasteiger partial charge >= 0.3 is 0 Å². The van der Waals surface area contributed by atoms with E-state index in [1.54, 1.807) is 6.07 Å². The first-order chi connectivity index (χ1) is 8.66. The van der Waals surface area contributed by atoms with Crippen LogP contribution in [0.4, 0.5) is 5.69 Å². The molecule has 5 heteroatoms. The molecule has 0 N–H and O–H groups in total. The Morgan fingerprint density at radius 2 is 1.89 bits per heavy atom. The third-order valence-electron chi connectivity index (χ3n) is 3.22. The van der Waals surface area contributed by atoms with Crippen molar-refractivity contribution in [1.82, 2.24) is 0 Å². The molecule has 1 saturated carbocycles. The Morgan fingerprint density at radius 1 is 1.22 bits per heavy atom. The van der Waals surface area contributed by atoms with E-state index in [2.05, 4.69) is 15.9 Å². The molecule has 0 aromatic heterocycles. The van der Waals surface area contributed by atoms with Gasteiger partial charge in [-0.2, -0.15) is 0 Å². The van der Waals surface area contributed by atoms with Gasteiger partial charge < -0.3 is 4.74 Å². The molecule has 0 spiro atoms. The lowest BCUT2D eigenvalue weighted by atomic mass is 10.1. The number of nitrogens with zero attached hydrogens (tertiary/aromatic N) is 1. The molecule has 0 unspecified atom stereocenters. The SMILES string of the molecule is O=[N+]([O-])c1ccc(Br)c(OC2CCCCCC2)c1. The summed E-state index contributed by atoms with van der Waals surface area (Å²) in [5.41, 5.74) is 0.0711. The highest BCUT2D eigenvalue weighted by molar-refractivity contribution is 9.10. The summed E-state index contributed by atoms with van der Waals surface area (Å²) in [5, 5.41) is 10.7. The van der Waals surface area contributed by atoms with E-state index in [4.69, 9.17) is 4.74 Å². The number of hydrogen-bond acceptors (Lipinski definition) is 3. The molecule has 4 nitrogen and oxygen atoms in total. The molecule has 0 saturated heterocycles. The van der Waals surface area contributed by atoms with Crippen molar-refractivity contribution in [2.45, 2.75) is 44.6 Å². The van der Waals surface area contributed by atoms with Gasteiger partial charge in [-0.15, -0.1) is 0 Å². The summed E-state index contributed by atoms with van der Waals surface area (Å²) in [6.45, 7) is 0. The smallest absolute Gasteiger partial charge is 0.273 e. The van der Waals surface area contributed by atoms with Gasteiger partial charge in [0.15, 0.2) is 0 Å². The lowest BCUT2D eigenvalue weighted by Crippen LogP contribution is -2.15. The standard InChI is InChI=1S/C13H16BrNO3/c14-12-8-7-10(15(16)17)9-13(12)18-11-5-3-1-2-4-6-11/h7-9,11H,1-6H2.